The third-order valence-electron chi connectivity index (χ3n) is 4.69. The first-order valence-electron chi connectivity index (χ1n) is 8.08. The zero-order valence-corrected chi connectivity index (χ0v) is 13.7. The Morgan fingerprint density at radius 2 is 1.91 bits per heavy atom. The Kier molecular flexibility index (Phi) is 4.08. The second-order valence-electron chi connectivity index (χ2n) is 6.94. The van der Waals surface area contributed by atoms with Crippen LogP contribution in [0.5, 0.6) is 0 Å². The van der Waals surface area contributed by atoms with Gasteiger partial charge in [0.15, 0.2) is 0 Å². The van der Waals surface area contributed by atoms with Gasteiger partial charge in [-0.2, -0.15) is 0 Å². The highest BCUT2D eigenvalue weighted by molar-refractivity contribution is 5.83. The summed E-state index contributed by atoms with van der Waals surface area (Å²) in [6.45, 7) is 10.7. The van der Waals surface area contributed by atoms with Gasteiger partial charge in [0, 0.05) is 32.4 Å². The van der Waals surface area contributed by atoms with Gasteiger partial charge in [0.2, 0.25) is 5.91 Å². The molecule has 0 N–H and O–H groups in total. The minimum atomic E-state index is -0.292. The Morgan fingerprint density at radius 3 is 2.36 bits per heavy atom. The molecule has 2 aliphatic rings. The van der Waals surface area contributed by atoms with Crippen molar-refractivity contribution in [3.05, 3.63) is 23.9 Å². The number of anilines is 1. The number of rotatable bonds is 3. The average Bonchev–Trinajstić information content (AvgIpc) is 2.52. The highest BCUT2D eigenvalue weighted by atomic mass is 16.5. The van der Waals surface area contributed by atoms with Crippen LogP contribution in [0.4, 0.5) is 5.82 Å². The van der Waals surface area contributed by atoms with Crippen LogP contribution < -0.4 is 4.90 Å². The van der Waals surface area contributed by atoms with Gasteiger partial charge in [-0.15, -0.1) is 0 Å². The monoisotopic (exact) mass is 303 g/mol. The van der Waals surface area contributed by atoms with E-state index in [4.69, 9.17) is 4.74 Å². The summed E-state index contributed by atoms with van der Waals surface area (Å²) < 4.78 is 5.20. The molecule has 3 heterocycles. The van der Waals surface area contributed by atoms with Crippen LogP contribution in [0.25, 0.3) is 0 Å². The molecule has 3 rings (SSSR count). The Hall–Kier alpha value is -1.62. The van der Waals surface area contributed by atoms with E-state index >= 15 is 0 Å². The Labute approximate surface area is 132 Å². The molecule has 1 aromatic heterocycles. The lowest BCUT2D eigenvalue weighted by Crippen LogP contribution is -2.58. The van der Waals surface area contributed by atoms with Crippen LogP contribution in [0.1, 0.15) is 32.3 Å². The molecule has 2 fully saturated rings. The van der Waals surface area contributed by atoms with Crippen LogP contribution in [0.3, 0.4) is 0 Å². The molecule has 0 radical (unpaired) electrons. The van der Waals surface area contributed by atoms with Crippen molar-refractivity contribution >= 4 is 11.7 Å². The molecule has 120 valence electrons. The van der Waals surface area contributed by atoms with Crippen LogP contribution in [-0.2, 0) is 9.53 Å². The highest BCUT2D eigenvalue weighted by Gasteiger charge is 2.44. The minimum Gasteiger partial charge on any atom is -0.379 e. The Morgan fingerprint density at radius 1 is 1.23 bits per heavy atom. The number of carbonyl (C=O) groups excluding carboxylic acids is 1. The fourth-order valence-corrected chi connectivity index (χ4v) is 2.98. The Balaban J connectivity index is 1.58. The number of hydrogen-bond donors (Lipinski definition) is 0. The fraction of sp³-hybridized carbons (Fsp3) is 0.647. The third kappa shape index (κ3) is 2.82. The molecule has 1 aromatic rings. The van der Waals surface area contributed by atoms with E-state index in [1.165, 1.54) is 5.56 Å². The number of piperazine rings is 1. The van der Waals surface area contributed by atoms with E-state index in [1.807, 2.05) is 18.0 Å². The lowest BCUT2D eigenvalue weighted by molar-refractivity contribution is -0.169. The molecule has 0 aliphatic carbocycles. The molecule has 0 unspecified atom stereocenters. The van der Waals surface area contributed by atoms with Gasteiger partial charge in [-0.3, -0.25) is 4.79 Å². The zero-order valence-electron chi connectivity index (χ0n) is 13.7. The van der Waals surface area contributed by atoms with E-state index in [2.05, 4.69) is 35.9 Å². The summed E-state index contributed by atoms with van der Waals surface area (Å²) in [7, 11) is 0. The smallest absolute Gasteiger partial charge is 0.233 e. The van der Waals surface area contributed by atoms with Gasteiger partial charge < -0.3 is 14.5 Å². The SMILES string of the molecule is CC(C)c1ccc(N2CCN(C(=O)C3(C)COC3)CC2)nc1. The molecule has 2 saturated heterocycles. The number of aromatic nitrogens is 1. The maximum Gasteiger partial charge on any atom is 0.233 e. The second-order valence-corrected chi connectivity index (χ2v) is 6.94. The topological polar surface area (TPSA) is 45.7 Å². The molecular formula is C17H25N3O2. The molecule has 0 atom stereocenters. The van der Waals surface area contributed by atoms with Crippen molar-refractivity contribution in [3.8, 4) is 0 Å². The van der Waals surface area contributed by atoms with Gasteiger partial charge in [0.1, 0.15) is 5.82 Å². The first kappa shape index (κ1) is 15.3. The van der Waals surface area contributed by atoms with E-state index < -0.39 is 0 Å². The summed E-state index contributed by atoms with van der Waals surface area (Å²) in [6.07, 6.45) is 1.96. The summed E-state index contributed by atoms with van der Waals surface area (Å²) in [5.41, 5.74) is 0.967. The van der Waals surface area contributed by atoms with Gasteiger partial charge in [-0.25, -0.2) is 4.98 Å². The summed E-state index contributed by atoms with van der Waals surface area (Å²) in [4.78, 5) is 21.3. The number of carbonyl (C=O) groups is 1. The number of amides is 1. The van der Waals surface area contributed by atoms with Crippen LogP contribution in [0.15, 0.2) is 18.3 Å². The van der Waals surface area contributed by atoms with E-state index in [-0.39, 0.29) is 11.3 Å². The van der Waals surface area contributed by atoms with Crippen LogP contribution in [0, 0.1) is 5.41 Å². The molecule has 2 aliphatic heterocycles. The summed E-state index contributed by atoms with van der Waals surface area (Å²) in [6, 6.07) is 4.24. The molecule has 5 nitrogen and oxygen atoms in total. The predicted molar refractivity (Wildman–Crippen MR) is 86.0 cm³/mol. The highest BCUT2D eigenvalue weighted by Crippen LogP contribution is 2.29. The molecule has 5 heteroatoms. The average molecular weight is 303 g/mol. The molecule has 0 spiro atoms. The van der Waals surface area contributed by atoms with Crippen molar-refractivity contribution in [2.75, 3.05) is 44.3 Å². The fourth-order valence-electron chi connectivity index (χ4n) is 2.98. The summed E-state index contributed by atoms with van der Waals surface area (Å²) >= 11 is 0. The van der Waals surface area contributed by atoms with Gasteiger partial charge in [0.05, 0.1) is 18.6 Å². The van der Waals surface area contributed by atoms with E-state index in [0.29, 0.717) is 19.1 Å². The van der Waals surface area contributed by atoms with E-state index in [9.17, 15) is 4.79 Å². The number of pyridine rings is 1. The standard InChI is InChI=1S/C17H25N3O2/c1-13(2)14-4-5-15(18-10-14)19-6-8-20(9-7-19)16(21)17(3)11-22-12-17/h4-5,10,13H,6-9,11-12H2,1-3H3. The van der Waals surface area contributed by atoms with Crippen molar-refractivity contribution in [1.82, 2.24) is 9.88 Å². The normalized spacial score (nSPS) is 20.9. The first-order chi connectivity index (χ1) is 10.5. The van der Waals surface area contributed by atoms with Gasteiger partial charge >= 0.3 is 0 Å². The first-order valence-corrected chi connectivity index (χ1v) is 8.08. The third-order valence-corrected chi connectivity index (χ3v) is 4.69. The van der Waals surface area contributed by atoms with Crippen molar-refractivity contribution in [2.24, 2.45) is 5.41 Å². The van der Waals surface area contributed by atoms with Gasteiger partial charge in [-0.1, -0.05) is 19.9 Å². The second kappa shape index (κ2) is 5.88. The maximum absolute atomic E-state index is 12.5. The molecule has 1 amide bonds. The van der Waals surface area contributed by atoms with E-state index in [1.54, 1.807) is 0 Å². The summed E-state index contributed by atoms with van der Waals surface area (Å²) in [5, 5.41) is 0. The minimum absolute atomic E-state index is 0.238. The maximum atomic E-state index is 12.5. The van der Waals surface area contributed by atoms with Crippen LogP contribution in [0.2, 0.25) is 0 Å². The van der Waals surface area contributed by atoms with Crippen molar-refractivity contribution in [2.45, 2.75) is 26.7 Å². The Bertz CT molecular complexity index is 529. The number of ether oxygens (including phenoxy) is 1. The predicted octanol–water partition coefficient (Wildman–Crippen LogP) is 1.89. The van der Waals surface area contributed by atoms with E-state index in [0.717, 1.165) is 32.0 Å². The van der Waals surface area contributed by atoms with Crippen LogP contribution in [-0.4, -0.2) is 55.2 Å². The molecule has 0 saturated carbocycles. The quantitative estimate of drug-likeness (QED) is 0.855. The van der Waals surface area contributed by atoms with Gasteiger partial charge in [0.25, 0.3) is 0 Å². The van der Waals surface area contributed by atoms with Crippen molar-refractivity contribution < 1.29 is 9.53 Å². The van der Waals surface area contributed by atoms with Crippen LogP contribution >= 0.6 is 0 Å². The van der Waals surface area contributed by atoms with Crippen molar-refractivity contribution in [1.29, 1.82) is 0 Å². The lowest BCUT2D eigenvalue weighted by atomic mass is 9.86. The lowest BCUT2D eigenvalue weighted by Gasteiger charge is -2.43. The van der Waals surface area contributed by atoms with Gasteiger partial charge in [-0.05, 0) is 24.5 Å². The summed E-state index contributed by atoms with van der Waals surface area (Å²) in [5.74, 6) is 1.75. The largest absolute Gasteiger partial charge is 0.379 e. The molecule has 0 aromatic carbocycles. The number of hydrogen-bond acceptors (Lipinski definition) is 4. The number of nitrogens with zero attached hydrogens (tertiary/aromatic N) is 3. The molecule has 22 heavy (non-hydrogen) atoms. The molecule has 0 bridgehead atoms. The zero-order chi connectivity index (χ0) is 15.7. The molecular weight excluding hydrogens is 278 g/mol. The van der Waals surface area contributed by atoms with Crippen molar-refractivity contribution in [3.63, 3.8) is 0 Å².